The van der Waals surface area contributed by atoms with E-state index in [-0.39, 0.29) is 5.91 Å². The molecule has 7 heteroatoms. The summed E-state index contributed by atoms with van der Waals surface area (Å²) in [5.41, 5.74) is 0.841. The Labute approximate surface area is 170 Å². The zero-order chi connectivity index (χ0) is 19.3. The van der Waals surface area contributed by atoms with Gasteiger partial charge in [0.05, 0.1) is 12.4 Å². The van der Waals surface area contributed by atoms with Crippen LogP contribution < -0.4 is 4.74 Å². The van der Waals surface area contributed by atoms with Gasteiger partial charge >= 0.3 is 0 Å². The normalized spacial score (nSPS) is 22.0. The minimum atomic E-state index is 0.176. The van der Waals surface area contributed by atoms with E-state index in [2.05, 4.69) is 10.2 Å². The first kappa shape index (κ1) is 19.3. The van der Waals surface area contributed by atoms with Crippen molar-refractivity contribution in [3.63, 3.8) is 0 Å². The van der Waals surface area contributed by atoms with Gasteiger partial charge in [0.1, 0.15) is 5.75 Å². The van der Waals surface area contributed by atoms with E-state index >= 15 is 0 Å². The number of thioether (sulfide) groups is 1. The predicted octanol–water partition coefficient (Wildman–Crippen LogP) is 4.27. The fourth-order valence-electron chi connectivity index (χ4n) is 4.29. The highest BCUT2D eigenvalue weighted by Gasteiger charge is 2.32. The molecule has 0 unspecified atom stereocenters. The largest absolute Gasteiger partial charge is 0.494 e. The van der Waals surface area contributed by atoms with E-state index in [4.69, 9.17) is 9.15 Å². The summed E-state index contributed by atoms with van der Waals surface area (Å²) in [6, 6.07) is 7.56. The first-order valence-corrected chi connectivity index (χ1v) is 11.2. The number of amides is 1. The number of benzene rings is 1. The lowest BCUT2D eigenvalue weighted by atomic mass is 9.75. The first-order chi connectivity index (χ1) is 13.7. The highest BCUT2D eigenvalue weighted by molar-refractivity contribution is 7.99. The number of piperidine rings is 1. The summed E-state index contributed by atoms with van der Waals surface area (Å²) in [7, 11) is 0. The average molecular weight is 402 g/mol. The van der Waals surface area contributed by atoms with Crippen LogP contribution in [-0.2, 0) is 4.79 Å². The van der Waals surface area contributed by atoms with Gasteiger partial charge < -0.3 is 14.1 Å². The Hall–Kier alpha value is -2.02. The summed E-state index contributed by atoms with van der Waals surface area (Å²) in [6.07, 6.45) is 6.45. The van der Waals surface area contributed by atoms with E-state index in [0.29, 0.717) is 29.4 Å². The number of likely N-dealkylation sites (tertiary alicyclic amines) is 1. The molecule has 4 rings (SSSR count). The summed E-state index contributed by atoms with van der Waals surface area (Å²) < 4.78 is 11.2. The molecule has 28 heavy (non-hydrogen) atoms. The summed E-state index contributed by atoms with van der Waals surface area (Å²) in [6.45, 7) is 4.40. The van der Waals surface area contributed by atoms with Gasteiger partial charge in [-0.2, -0.15) is 0 Å². The van der Waals surface area contributed by atoms with Crippen molar-refractivity contribution in [3.8, 4) is 17.2 Å². The fourth-order valence-corrected chi connectivity index (χ4v) is 4.95. The second-order valence-electron chi connectivity index (χ2n) is 7.55. The second kappa shape index (κ2) is 8.99. The number of hydrogen-bond donors (Lipinski definition) is 0. The van der Waals surface area contributed by atoms with E-state index in [1.54, 1.807) is 0 Å². The number of carbonyl (C=O) groups is 1. The molecule has 1 saturated carbocycles. The van der Waals surface area contributed by atoms with Crippen molar-refractivity contribution in [2.45, 2.75) is 44.3 Å². The Bertz CT molecular complexity index is 792. The Balaban J connectivity index is 1.30. The van der Waals surface area contributed by atoms with E-state index in [1.807, 2.05) is 36.1 Å². The summed E-state index contributed by atoms with van der Waals surface area (Å²) in [4.78, 5) is 14.7. The van der Waals surface area contributed by atoms with Crippen LogP contribution in [0.1, 0.15) is 39.0 Å². The topological polar surface area (TPSA) is 68.5 Å². The van der Waals surface area contributed by atoms with Crippen molar-refractivity contribution in [3.05, 3.63) is 24.3 Å². The maximum Gasteiger partial charge on any atom is 0.277 e. The number of hydrogen-bond acceptors (Lipinski definition) is 6. The Morgan fingerprint density at radius 2 is 1.96 bits per heavy atom. The Kier molecular flexibility index (Phi) is 6.20. The molecule has 2 aliphatic rings. The number of fused-ring (bicyclic) bond motifs is 1. The number of nitrogens with zero attached hydrogens (tertiary/aromatic N) is 3. The van der Waals surface area contributed by atoms with Crippen LogP contribution in [0.5, 0.6) is 5.75 Å². The number of rotatable bonds is 6. The number of ether oxygens (including phenoxy) is 1. The van der Waals surface area contributed by atoms with Crippen LogP contribution in [0.25, 0.3) is 11.5 Å². The van der Waals surface area contributed by atoms with Gasteiger partial charge in [0, 0.05) is 18.7 Å². The van der Waals surface area contributed by atoms with Gasteiger partial charge in [-0.1, -0.05) is 31.0 Å². The van der Waals surface area contributed by atoms with Crippen molar-refractivity contribution < 1.29 is 13.9 Å². The molecular formula is C21H27N3O3S. The first-order valence-electron chi connectivity index (χ1n) is 10.2. The van der Waals surface area contributed by atoms with E-state index in [1.165, 1.54) is 37.4 Å². The van der Waals surface area contributed by atoms with Crippen molar-refractivity contribution >= 4 is 17.7 Å². The SMILES string of the molecule is CCOc1ccc(-c2nnc(SCC(=O)N3CC[C@@H]4CCCC[C@@H]4C3)o2)cc1. The minimum Gasteiger partial charge on any atom is -0.494 e. The molecule has 1 aliphatic carbocycles. The summed E-state index contributed by atoms with van der Waals surface area (Å²) in [5, 5.41) is 8.62. The van der Waals surface area contributed by atoms with Crippen molar-refractivity contribution in [1.29, 1.82) is 0 Å². The van der Waals surface area contributed by atoms with Crippen LogP contribution in [0.4, 0.5) is 0 Å². The van der Waals surface area contributed by atoms with Crippen LogP contribution in [-0.4, -0.2) is 46.5 Å². The monoisotopic (exact) mass is 401 g/mol. The Morgan fingerprint density at radius 3 is 2.75 bits per heavy atom. The highest BCUT2D eigenvalue weighted by atomic mass is 32.2. The molecule has 1 aromatic heterocycles. The van der Waals surface area contributed by atoms with Gasteiger partial charge in [0.15, 0.2) is 0 Å². The molecular weight excluding hydrogens is 374 g/mol. The van der Waals surface area contributed by atoms with Gasteiger partial charge in [0.25, 0.3) is 5.22 Å². The third kappa shape index (κ3) is 4.51. The smallest absolute Gasteiger partial charge is 0.277 e. The van der Waals surface area contributed by atoms with Gasteiger partial charge in [-0.15, -0.1) is 10.2 Å². The predicted molar refractivity (Wildman–Crippen MR) is 108 cm³/mol. The average Bonchev–Trinajstić information content (AvgIpc) is 3.21. The third-order valence-electron chi connectivity index (χ3n) is 5.78. The minimum absolute atomic E-state index is 0.176. The molecule has 2 aromatic rings. The zero-order valence-electron chi connectivity index (χ0n) is 16.3. The van der Waals surface area contributed by atoms with Crippen LogP contribution in [0, 0.1) is 11.8 Å². The van der Waals surface area contributed by atoms with Crippen molar-refractivity contribution in [2.75, 3.05) is 25.4 Å². The number of aromatic nitrogens is 2. The van der Waals surface area contributed by atoms with E-state index in [9.17, 15) is 4.79 Å². The van der Waals surface area contributed by atoms with Gasteiger partial charge in [-0.3, -0.25) is 4.79 Å². The van der Waals surface area contributed by atoms with Crippen molar-refractivity contribution in [1.82, 2.24) is 15.1 Å². The molecule has 1 saturated heterocycles. The standard InChI is InChI=1S/C21H27N3O3S/c1-2-26-18-9-7-16(8-10-18)20-22-23-21(27-20)28-14-19(25)24-12-11-15-5-3-4-6-17(15)13-24/h7-10,15,17H,2-6,11-14H2,1H3/t15-,17+/m0/s1. The van der Waals surface area contributed by atoms with Crippen molar-refractivity contribution in [2.24, 2.45) is 11.8 Å². The van der Waals surface area contributed by atoms with Crippen LogP contribution >= 0.6 is 11.8 Å². The molecule has 1 aromatic carbocycles. The molecule has 150 valence electrons. The quantitative estimate of drug-likeness (QED) is 0.674. The lowest BCUT2D eigenvalue weighted by Gasteiger charge is -2.41. The maximum atomic E-state index is 12.6. The van der Waals surface area contributed by atoms with Gasteiger partial charge in [0.2, 0.25) is 11.8 Å². The number of carbonyl (C=O) groups excluding carboxylic acids is 1. The molecule has 1 aliphatic heterocycles. The van der Waals surface area contributed by atoms with Gasteiger partial charge in [-0.05, 0) is 55.9 Å². The van der Waals surface area contributed by atoms with Crippen LogP contribution in [0.15, 0.2) is 33.9 Å². The maximum absolute atomic E-state index is 12.6. The van der Waals surface area contributed by atoms with Crippen LogP contribution in [0.2, 0.25) is 0 Å². The molecule has 2 heterocycles. The molecule has 2 atom stereocenters. The van der Waals surface area contributed by atoms with Gasteiger partial charge in [-0.25, -0.2) is 0 Å². The van der Waals surface area contributed by atoms with E-state index < -0.39 is 0 Å². The molecule has 6 nitrogen and oxygen atoms in total. The zero-order valence-corrected chi connectivity index (χ0v) is 17.1. The molecule has 0 N–H and O–H groups in total. The molecule has 0 spiro atoms. The van der Waals surface area contributed by atoms with E-state index in [0.717, 1.165) is 36.7 Å². The highest BCUT2D eigenvalue weighted by Crippen LogP contribution is 2.36. The molecule has 0 radical (unpaired) electrons. The third-order valence-corrected chi connectivity index (χ3v) is 6.58. The lowest BCUT2D eigenvalue weighted by molar-refractivity contribution is -0.131. The molecule has 0 bridgehead atoms. The molecule has 2 fully saturated rings. The van der Waals surface area contributed by atoms with Crippen LogP contribution in [0.3, 0.4) is 0 Å². The lowest BCUT2D eigenvalue weighted by Crippen LogP contribution is -2.45. The Morgan fingerprint density at radius 1 is 1.18 bits per heavy atom. The molecule has 1 amide bonds. The summed E-state index contributed by atoms with van der Waals surface area (Å²) >= 11 is 1.32. The fraction of sp³-hybridized carbons (Fsp3) is 0.571. The second-order valence-corrected chi connectivity index (χ2v) is 8.48. The summed E-state index contributed by atoms with van der Waals surface area (Å²) in [5.74, 6) is 3.33.